The number of carbonyl (C=O) groups excluding carboxylic acids is 2. The van der Waals surface area contributed by atoms with Gasteiger partial charge >= 0.3 is 6.09 Å². The fraction of sp³-hybridized carbons (Fsp3) is 0.632. The van der Waals surface area contributed by atoms with Crippen LogP contribution < -0.4 is 10.6 Å². The molecule has 0 bridgehead atoms. The predicted octanol–water partition coefficient (Wildman–Crippen LogP) is 2.79. The van der Waals surface area contributed by atoms with Gasteiger partial charge in [-0.3, -0.25) is 4.79 Å². The third-order valence-corrected chi connectivity index (χ3v) is 5.09. The van der Waals surface area contributed by atoms with Crippen molar-refractivity contribution in [3.05, 3.63) is 23.9 Å². The minimum absolute atomic E-state index is 0.0736. The van der Waals surface area contributed by atoms with Crippen LogP contribution in [0.5, 0.6) is 0 Å². The number of carbonyl (C=O) groups is 2. The predicted molar refractivity (Wildman–Crippen MR) is 99.2 cm³/mol. The van der Waals surface area contributed by atoms with Crippen molar-refractivity contribution < 1.29 is 14.3 Å². The van der Waals surface area contributed by atoms with Crippen molar-refractivity contribution in [2.75, 3.05) is 25.0 Å². The van der Waals surface area contributed by atoms with E-state index in [1.54, 1.807) is 18.0 Å². The van der Waals surface area contributed by atoms with Crippen molar-refractivity contribution >= 4 is 17.8 Å². The molecular formula is C19H28N4O3. The number of ether oxygens (including phenoxy) is 1. The first-order valence-corrected chi connectivity index (χ1v) is 9.61. The van der Waals surface area contributed by atoms with Crippen molar-refractivity contribution in [1.29, 1.82) is 0 Å². The Morgan fingerprint density at radius 1 is 1.15 bits per heavy atom. The number of amides is 2. The highest BCUT2D eigenvalue weighted by molar-refractivity contribution is 5.94. The molecule has 2 amide bonds. The maximum atomic E-state index is 12.4. The first kappa shape index (κ1) is 18.5. The fourth-order valence-electron chi connectivity index (χ4n) is 3.58. The maximum Gasteiger partial charge on any atom is 0.409 e. The van der Waals surface area contributed by atoms with E-state index in [0.29, 0.717) is 31.3 Å². The molecule has 2 aliphatic rings. The number of pyridine rings is 1. The molecule has 2 fully saturated rings. The third kappa shape index (κ3) is 4.86. The lowest BCUT2D eigenvalue weighted by Crippen LogP contribution is -2.46. The van der Waals surface area contributed by atoms with Gasteiger partial charge in [-0.2, -0.15) is 0 Å². The second kappa shape index (κ2) is 8.87. The summed E-state index contributed by atoms with van der Waals surface area (Å²) in [7, 11) is 0. The molecule has 0 unspecified atom stereocenters. The number of hydrogen-bond donors (Lipinski definition) is 2. The van der Waals surface area contributed by atoms with Crippen LogP contribution in [0.2, 0.25) is 0 Å². The number of nitrogens with one attached hydrogen (secondary N) is 2. The molecule has 1 aliphatic heterocycles. The Hall–Kier alpha value is -2.31. The summed E-state index contributed by atoms with van der Waals surface area (Å²) in [6.07, 6.45) is 7.74. The van der Waals surface area contributed by atoms with Gasteiger partial charge in [0.2, 0.25) is 0 Å². The van der Waals surface area contributed by atoms with Crippen LogP contribution in [0.1, 0.15) is 55.8 Å². The topological polar surface area (TPSA) is 83.6 Å². The van der Waals surface area contributed by atoms with E-state index in [1.165, 1.54) is 25.7 Å². The summed E-state index contributed by atoms with van der Waals surface area (Å²) in [4.78, 5) is 30.2. The van der Waals surface area contributed by atoms with Gasteiger partial charge in [-0.15, -0.1) is 0 Å². The molecule has 0 aromatic carbocycles. The number of anilines is 1. The second-order valence-electron chi connectivity index (χ2n) is 6.99. The van der Waals surface area contributed by atoms with Crippen molar-refractivity contribution in [3.63, 3.8) is 0 Å². The Morgan fingerprint density at radius 3 is 2.50 bits per heavy atom. The molecule has 3 rings (SSSR count). The van der Waals surface area contributed by atoms with Crippen LogP contribution in [-0.2, 0) is 4.74 Å². The van der Waals surface area contributed by atoms with Gasteiger partial charge in [0, 0.05) is 31.4 Å². The van der Waals surface area contributed by atoms with E-state index >= 15 is 0 Å². The minimum atomic E-state index is -0.271. The maximum absolute atomic E-state index is 12.4. The summed E-state index contributed by atoms with van der Waals surface area (Å²) in [6.45, 7) is 3.39. The molecule has 7 nitrogen and oxygen atoms in total. The number of hydrogen-bond acceptors (Lipinski definition) is 5. The normalized spacial score (nSPS) is 18.6. The zero-order valence-corrected chi connectivity index (χ0v) is 15.4. The Morgan fingerprint density at radius 2 is 1.88 bits per heavy atom. The molecule has 1 aromatic heterocycles. The van der Waals surface area contributed by atoms with E-state index in [0.717, 1.165) is 18.7 Å². The number of rotatable bonds is 5. The van der Waals surface area contributed by atoms with Crippen LogP contribution in [0.15, 0.2) is 18.3 Å². The smallest absolute Gasteiger partial charge is 0.409 e. The Kier molecular flexibility index (Phi) is 6.30. The second-order valence-corrected chi connectivity index (χ2v) is 6.99. The molecule has 1 saturated carbocycles. The van der Waals surface area contributed by atoms with Crippen LogP contribution in [0.4, 0.5) is 10.6 Å². The van der Waals surface area contributed by atoms with Crippen molar-refractivity contribution in [2.24, 2.45) is 0 Å². The largest absolute Gasteiger partial charge is 0.450 e. The number of piperidine rings is 1. The van der Waals surface area contributed by atoms with E-state index in [9.17, 15) is 9.59 Å². The summed E-state index contributed by atoms with van der Waals surface area (Å²) in [5, 5.41) is 6.46. The van der Waals surface area contributed by atoms with Gasteiger partial charge in [0.05, 0.1) is 12.2 Å². The molecule has 26 heavy (non-hydrogen) atoms. The average molecular weight is 360 g/mol. The van der Waals surface area contributed by atoms with E-state index in [-0.39, 0.29) is 18.0 Å². The van der Waals surface area contributed by atoms with Gasteiger partial charge < -0.3 is 20.3 Å². The summed E-state index contributed by atoms with van der Waals surface area (Å²) in [5.41, 5.74) is 0.565. The zero-order chi connectivity index (χ0) is 18.4. The van der Waals surface area contributed by atoms with Gasteiger partial charge in [-0.1, -0.05) is 12.8 Å². The number of likely N-dealkylation sites (tertiary alicyclic amines) is 1. The zero-order valence-electron chi connectivity index (χ0n) is 15.4. The van der Waals surface area contributed by atoms with Gasteiger partial charge in [0.1, 0.15) is 5.82 Å². The Balaban J connectivity index is 1.45. The first-order chi connectivity index (χ1) is 12.7. The van der Waals surface area contributed by atoms with Crippen LogP contribution in [0, 0.1) is 0 Å². The van der Waals surface area contributed by atoms with Crippen molar-refractivity contribution in [1.82, 2.24) is 15.2 Å². The lowest BCUT2D eigenvalue weighted by atomic mass is 10.0. The van der Waals surface area contributed by atoms with Gasteiger partial charge in [0.25, 0.3) is 5.91 Å². The van der Waals surface area contributed by atoms with E-state index in [4.69, 9.17) is 4.74 Å². The molecule has 7 heteroatoms. The SMILES string of the molecule is CCOC(=O)N1CCC(NC(=O)c2ccc(NC3CCCC3)nc2)CC1. The van der Waals surface area contributed by atoms with Crippen molar-refractivity contribution in [3.8, 4) is 0 Å². The molecule has 0 atom stereocenters. The highest BCUT2D eigenvalue weighted by Crippen LogP contribution is 2.21. The standard InChI is InChI=1S/C19H28N4O3/c1-2-26-19(25)23-11-9-16(10-12-23)22-18(24)14-7-8-17(20-13-14)21-15-5-3-4-6-15/h7-8,13,15-16H,2-6,9-12H2,1H3,(H,20,21)(H,22,24). The fourth-order valence-corrected chi connectivity index (χ4v) is 3.58. The number of nitrogens with zero attached hydrogens (tertiary/aromatic N) is 2. The minimum Gasteiger partial charge on any atom is -0.450 e. The summed E-state index contributed by atoms with van der Waals surface area (Å²) in [6, 6.07) is 4.26. The molecule has 2 heterocycles. The van der Waals surface area contributed by atoms with Crippen LogP contribution >= 0.6 is 0 Å². The van der Waals surface area contributed by atoms with E-state index < -0.39 is 0 Å². The lowest BCUT2D eigenvalue weighted by molar-refractivity contribution is 0.0860. The Bertz CT molecular complexity index is 606. The Labute approximate surface area is 154 Å². The van der Waals surface area contributed by atoms with Gasteiger partial charge in [0.15, 0.2) is 0 Å². The van der Waals surface area contributed by atoms with Gasteiger partial charge in [-0.05, 0) is 44.7 Å². The summed E-state index contributed by atoms with van der Waals surface area (Å²) in [5.74, 6) is 0.718. The van der Waals surface area contributed by atoms with Crippen LogP contribution in [-0.4, -0.2) is 53.7 Å². The van der Waals surface area contributed by atoms with Crippen LogP contribution in [0.3, 0.4) is 0 Å². The van der Waals surface area contributed by atoms with Crippen LogP contribution in [0.25, 0.3) is 0 Å². The lowest BCUT2D eigenvalue weighted by Gasteiger charge is -2.31. The average Bonchev–Trinajstić information content (AvgIpc) is 3.16. The molecular weight excluding hydrogens is 332 g/mol. The molecule has 1 saturated heterocycles. The molecule has 142 valence electrons. The molecule has 2 N–H and O–H groups in total. The quantitative estimate of drug-likeness (QED) is 0.844. The molecule has 1 aliphatic carbocycles. The van der Waals surface area contributed by atoms with Crippen molar-refractivity contribution in [2.45, 2.75) is 57.5 Å². The summed E-state index contributed by atoms with van der Waals surface area (Å²) >= 11 is 0. The first-order valence-electron chi connectivity index (χ1n) is 9.61. The van der Waals surface area contributed by atoms with Gasteiger partial charge in [-0.25, -0.2) is 9.78 Å². The highest BCUT2D eigenvalue weighted by Gasteiger charge is 2.25. The van der Waals surface area contributed by atoms with E-state index in [2.05, 4.69) is 15.6 Å². The highest BCUT2D eigenvalue weighted by atomic mass is 16.6. The molecule has 1 aromatic rings. The molecule has 0 spiro atoms. The summed E-state index contributed by atoms with van der Waals surface area (Å²) < 4.78 is 5.01. The third-order valence-electron chi connectivity index (χ3n) is 5.09. The van der Waals surface area contributed by atoms with E-state index in [1.807, 2.05) is 12.1 Å². The monoisotopic (exact) mass is 360 g/mol. The number of aromatic nitrogens is 1. The molecule has 0 radical (unpaired) electrons.